The summed E-state index contributed by atoms with van der Waals surface area (Å²) in [5.74, 6) is -1.97. The second kappa shape index (κ2) is 31.2. The maximum atomic E-state index is 13.4. The number of likely N-dealkylation sites (N-methyl/N-ethyl adjacent to an activating group) is 2. The van der Waals surface area contributed by atoms with Gasteiger partial charge in [0.25, 0.3) is 5.91 Å². The van der Waals surface area contributed by atoms with Gasteiger partial charge < -0.3 is 38.2 Å². The van der Waals surface area contributed by atoms with Crippen molar-refractivity contribution in [2.24, 2.45) is 5.11 Å². The number of nitrogens with zero attached hydrogens (tertiary/aromatic N) is 7. The molecule has 0 bridgehead atoms. The van der Waals surface area contributed by atoms with Crippen molar-refractivity contribution >= 4 is 57.1 Å². The van der Waals surface area contributed by atoms with Crippen LogP contribution in [-0.4, -0.2) is 113 Å². The lowest BCUT2D eigenvalue weighted by Gasteiger charge is -2.30. The third kappa shape index (κ3) is 25.0. The Morgan fingerprint density at radius 1 is 0.743 bits per heavy atom. The molecule has 0 radical (unpaired) electrons. The van der Waals surface area contributed by atoms with E-state index in [2.05, 4.69) is 30.2 Å². The van der Waals surface area contributed by atoms with Gasteiger partial charge >= 0.3 is 18.3 Å². The lowest BCUT2D eigenvalue weighted by Crippen LogP contribution is -2.43. The summed E-state index contributed by atoms with van der Waals surface area (Å²) in [5.41, 5.74) is 8.24. The number of aliphatic hydroxyl groups excluding tert-OH is 1. The summed E-state index contributed by atoms with van der Waals surface area (Å²) < 4.78 is 101. The zero-order chi connectivity index (χ0) is 51.2. The van der Waals surface area contributed by atoms with Gasteiger partial charge in [-0.15, -0.1) is 0 Å². The summed E-state index contributed by atoms with van der Waals surface area (Å²) in [6.45, 7) is 9.79. The van der Waals surface area contributed by atoms with Gasteiger partial charge in [-0.05, 0) is 102 Å². The van der Waals surface area contributed by atoms with Gasteiger partial charge in [-0.1, -0.05) is 34.6 Å². The number of rotatable bonds is 17. The fraction of sp³-hybridized carbons (Fsp3) is 0.500. The van der Waals surface area contributed by atoms with Crippen LogP contribution in [0.4, 0.5) is 46.6 Å². The number of ether oxygens (including phenoxy) is 3. The molecule has 4 amide bonds. The number of carbonyl (C=O) groups excluding carboxylic acids is 4. The van der Waals surface area contributed by atoms with Gasteiger partial charge in [0.15, 0.2) is 0 Å². The molecule has 0 saturated heterocycles. The molecule has 0 fully saturated rings. The largest absolute Gasteiger partial charge is 0.447 e. The van der Waals surface area contributed by atoms with Crippen molar-refractivity contribution in [2.75, 3.05) is 32.6 Å². The molecular formula is C44H60F6N8O10S2. The van der Waals surface area contributed by atoms with Crippen LogP contribution in [0.5, 0.6) is 0 Å². The summed E-state index contributed by atoms with van der Waals surface area (Å²) in [6.07, 6.45) is -6.61. The van der Waals surface area contributed by atoms with Crippen LogP contribution in [0.15, 0.2) is 74.8 Å². The van der Waals surface area contributed by atoms with Gasteiger partial charge in [0.1, 0.15) is 40.8 Å². The average Bonchev–Trinajstić information content (AvgIpc) is 3.93. The fourth-order valence-electron chi connectivity index (χ4n) is 5.45. The number of hydrogen-bond donors (Lipinski definition) is 2. The van der Waals surface area contributed by atoms with Crippen LogP contribution in [-0.2, 0) is 14.2 Å². The van der Waals surface area contributed by atoms with Crippen LogP contribution in [0.2, 0.25) is 0 Å². The van der Waals surface area contributed by atoms with E-state index in [0.29, 0.717) is 28.9 Å². The lowest BCUT2D eigenvalue weighted by atomic mass is 10.1. The van der Waals surface area contributed by atoms with Crippen molar-refractivity contribution in [1.82, 2.24) is 20.1 Å². The molecule has 0 aliphatic carbocycles. The molecule has 2 atom stereocenters. The summed E-state index contributed by atoms with van der Waals surface area (Å²) in [6, 6.07) is 12.8. The van der Waals surface area contributed by atoms with E-state index in [1.807, 2.05) is 0 Å². The Morgan fingerprint density at radius 2 is 1.20 bits per heavy atom. The zero-order valence-electron chi connectivity index (χ0n) is 39.8. The fourth-order valence-corrected chi connectivity index (χ4v) is 5.45. The molecule has 2 aromatic heterocycles. The minimum atomic E-state index is -2.47. The molecule has 390 valence electrons. The number of aliphatic hydroxyl groups is 1. The van der Waals surface area contributed by atoms with Gasteiger partial charge in [-0.3, -0.25) is 10.1 Å². The van der Waals surface area contributed by atoms with Gasteiger partial charge in [0, 0.05) is 55.1 Å². The molecule has 2 aromatic carbocycles. The van der Waals surface area contributed by atoms with Crippen molar-refractivity contribution in [3.8, 4) is 22.5 Å². The van der Waals surface area contributed by atoms with E-state index < -0.39 is 72.0 Å². The Hall–Kier alpha value is -6.11. The van der Waals surface area contributed by atoms with Crippen LogP contribution < -0.4 is 5.32 Å². The van der Waals surface area contributed by atoms with Gasteiger partial charge in [-0.25, -0.2) is 40.7 Å². The third-order valence-corrected chi connectivity index (χ3v) is 8.83. The van der Waals surface area contributed by atoms with Crippen LogP contribution in [0.3, 0.4) is 0 Å². The Morgan fingerprint density at radius 3 is 1.64 bits per heavy atom. The van der Waals surface area contributed by atoms with Crippen molar-refractivity contribution in [2.45, 2.75) is 116 Å². The number of aromatic nitrogens is 2. The highest BCUT2D eigenvalue weighted by Gasteiger charge is 2.28. The van der Waals surface area contributed by atoms with Crippen LogP contribution in [0, 0.1) is 11.6 Å². The Labute approximate surface area is 414 Å². The average molecular weight is 1040 g/mol. The van der Waals surface area contributed by atoms with E-state index in [0.717, 1.165) is 0 Å². The normalized spacial score (nSPS) is 11.7. The first-order chi connectivity index (χ1) is 31.8. The molecule has 2 N–H and O–H groups in total. The molecule has 2 heterocycles. The highest BCUT2D eigenvalue weighted by atomic mass is 32.1. The van der Waals surface area contributed by atoms with Gasteiger partial charge in [0.2, 0.25) is 24.5 Å². The number of amides is 4. The van der Waals surface area contributed by atoms with Gasteiger partial charge in [0.05, 0.1) is 18.7 Å². The second-order valence-electron chi connectivity index (χ2n) is 16.7. The smallest absolute Gasteiger partial charge is 0.414 e. The van der Waals surface area contributed by atoms with Crippen molar-refractivity contribution in [1.29, 1.82) is 0 Å². The number of carbonyl (C=O) groups is 4. The Balaban J connectivity index is 0.00000109. The number of azide groups is 1. The van der Waals surface area contributed by atoms with Crippen molar-refractivity contribution < 1.29 is 73.9 Å². The minimum Gasteiger partial charge on any atom is -0.447 e. The second-order valence-corrected chi connectivity index (χ2v) is 16.7. The highest BCUT2D eigenvalue weighted by molar-refractivity contribution is 7.59. The molecule has 0 spiro atoms. The molecule has 4 rings (SSSR count). The van der Waals surface area contributed by atoms with Crippen molar-refractivity contribution in [3.63, 3.8) is 0 Å². The maximum absolute atomic E-state index is 13.4. The number of halogens is 6. The quantitative estimate of drug-likeness (QED) is 0.0330. The third-order valence-electron chi connectivity index (χ3n) is 8.83. The predicted molar refractivity (Wildman–Crippen MR) is 255 cm³/mol. The van der Waals surface area contributed by atoms with E-state index in [-0.39, 0.29) is 84.0 Å². The first kappa shape index (κ1) is 63.9. The number of benzene rings is 2. The molecule has 0 saturated carbocycles. The van der Waals surface area contributed by atoms with Gasteiger partial charge in [-0.2, -0.15) is 27.0 Å². The standard InChI is InChI=1S/C22H28F3N3O5.C12H23F2NO3.C10H5FN4O2.2H2S/c1-22(2,3)32-21(30)28(4)16(9-6-10-18(24)25)13-31-20(29)26-19-12-17(27-33-19)14-7-5-8-15(23)11-14;1-12(2,3)18-11(17)15(4)9(8-16)6-5-7-10(13)14;11-7-3-1-2-6(4-7)8-5-9(17-14-8)10(16)13-15-12;;/h5,7-8,11-12,16,18H,6,9-10,13H2,1-4H3,(H,26,29);9-10,16H,5-8H2,1-4H3;1-5H;2*1H2/t16-;9-;;;/m00.../s1. The Kier molecular flexibility index (Phi) is 28.5. The number of hydrogen-bond acceptors (Lipinski definition) is 12. The number of nitrogens with one attached hydrogen (secondary N) is 1. The Bertz CT molecular complexity index is 2270. The number of alkyl halides is 4. The molecular weight excluding hydrogens is 979 g/mol. The van der Waals surface area contributed by atoms with E-state index in [1.165, 1.54) is 72.4 Å². The molecule has 0 aliphatic rings. The number of anilines is 1. The molecule has 0 unspecified atom stereocenters. The molecule has 0 aliphatic heterocycles. The summed E-state index contributed by atoms with van der Waals surface area (Å²) in [7, 11) is 2.95. The zero-order valence-corrected chi connectivity index (χ0v) is 41.8. The molecule has 70 heavy (non-hydrogen) atoms. The first-order valence-corrected chi connectivity index (χ1v) is 20.9. The van der Waals surface area contributed by atoms with Crippen LogP contribution >= 0.6 is 27.0 Å². The summed E-state index contributed by atoms with van der Waals surface area (Å²) in [4.78, 5) is 52.2. The van der Waals surface area contributed by atoms with E-state index in [1.54, 1.807) is 53.7 Å². The first-order valence-electron chi connectivity index (χ1n) is 20.9. The van der Waals surface area contributed by atoms with E-state index in [9.17, 15) is 50.6 Å². The minimum absolute atomic E-state index is 0. The van der Waals surface area contributed by atoms with Crippen molar-refractivity contribution in [3.05, 3.63) is 88.5 Å². The van der Waals surface area contributed by atoms with Crippen LogP contribution in [0.1, 0.15) is 90.6 Å². The SMILES string of the molecule is CN(C(=O)OC(C)(C)C)[C@@H](CCCC(F)F)COC(=O)Nc1cc(-c2cccc(F)c2)no1.CN(C(=O)OC(C)(C)C)[C@H](CO)CCCC(F)F.S.S.[N-]=[N+]=NC(=O)c1cc(-c2cccc(F)c2)no1. The molecule has 4 aromatic rings. The maximum Gasteiger partial charge on any atom is 0.414 e. The monoisotopic (exact) mass is 1040 g/mol. The molecule has 18 nitrogen and oxygen atoms in total. The topological polar surface area (TPSA) is 236 Å². The van der Waals surface area contributed by atoms with Crippen LogP contribution in [0.25, 0.3) is 33.0 Å². The summed E-state index contributed by atoms with van der Waals surface area (Å²) in [5, 5.41) is 21.7. The highest BCUT2D eigenvalue weighted by Crippen LogP contribution is 2.24. The predicted octanol–water partition coefficient (Wildman–Crippen LogP) is 11.5. The summed E-state index contributed by atoms with van der Waals surface area (Å²) >= 11 is 0. The molecule has 26 heteroatoms. The van der Waals surface area contributed by atoms with E-state index in [4.69, 9.17) is 24.3 Å². The van der Waals surface area contributed by atoms with E-state index >= 15 is 0 Å². The lowest BCUT2D eigenvalue weighted by molar-refractivity contribution is 0.0127.